The molecule has 4 rings (SSSR count). The molecule has 152 valence electrons. The predicted molar refractivity (Wildman–Crippen MR) is 115 cm³/mol. The number of likely N-dealkylation sites (N-methyl/N-ethyl adjacent to an activating group) is 1. The molecule has 10 heteroatoms. The zero-order chi connectivity index (χ0) is 20.6. The minimum atomic E-state index is -3.64. The molecule has 0 saturated carbocycles. The molecule has 3 aromatic rings. The van der Waals surface area contributed by atoms with E-state index in [0.29, 0.717) is 36.3 Å². The average Bonchev–Trinajstić information content (AvgIpc) is 3.09. The third kappa shape index (κ3) is 4.29. The number of rotatable bonds is 4. The third-order valence-electron chi connectivity index (χ3n) is 4.77. The first-order valence-electron chi connectivity index (χ1n) is 8.99. The van der Waals surface area contributed by atoms with Gasteiger partial charge in [-0.25, -0.2) is 13.4 Å². The standard InChI is InChI=1S/C19H19ClN4O3S2/c1-23-7-9-24(10-8-23)29(26,27)15-4-2-3-13(11-15)18(25)22-19-21-16-6-5-14(20)12-17(16)28-19/h2-6,11-12H,7-10H2,1H3,(H,21,22,25). The van der Waals surface area contributed by atoms with Crippen molar-refractivity contribution in [3.63, 3.8) is 0 Å². The molecule has 1 N–H and O–H groups in total. The van der Waals surface area contributed by atoms with E-state index in [1.54, 1.807) is 30.3 Å². The average molecular weight is 451 g/mol. The van der Waals surface area contributed by atoms with Crippen molar-refractivity contribution in [2.45, 2.75) is 4.90 Å². The lowest BCUT2D eigenvalue weighted by atomic mass is 10.2. The smallest absolute Gasteiger partial charge is 0.257 e. The van der Waals surface area contributed by atoms with Gasteiger partial charge in [-0.2, -0.15) is 4.31 Å². The summed E-state index contributed by atoms with van der Waals surface area (Å²) in [6, 6.07) is 11.4. The van der Waals surface area contributed by atoms with Crippen molar-refractivity contribution in [2.24, 2.45) is 0 Å². The second kappa shape index (κ2) is 8.00. The van der Waals surface area contributed by atoms with Gasteiger partial charge < -0.3 is 4.90 Å². The molecule has 1 aliphatic heterocycles. The van der Waals surface area contributed by atoms with Gasteiger partial charge in [0.25, 0.3) is 5.91 Å². The minimum absolute atomic E-state index is 0.116. The Morgan fingerprint density at radius 3 is 2.66 bits per heavy atom. The topological polar surface area (TPSA) is 82.6 Å². The summed E-state index contributed by atoms with van der Waals surface area (Å²) < 4.78 is 28.2. The van der Waals surface area contributed by atoms with Crippen molar-refractivity contribution in [1.82, 2.24) is 14.2 Å². The summed E-state index contributed by atoms with van der Waals surface area (Å²) in [5.41, 5.74) is 0.999. The second-order valence-electron chi connectivity index (χ2n) is 6.82. The van der Waals surface area contributed by atoms with Gasteiger partial charge in [-0.05, 0) is 43.4 Å². The number of sulfonamides is 1. The number of hydrogen-bond donors (Lipinski definition) is 1. The Morgan fingerprint density at radius 2 is 1.90 bits per heavy atom. The lowest BCUT2D eigenvalue weighted by Crippen LogP contribution is -2.47. The fourth-order valence-electron chi connectivity index (χ4n) is 3.10. The van der Waals surface area contributed by atoms with Crippen molar-refractivity contribution < 1.29 is 13.2 Å². The number of carbonyl (C=O) groups is 1. The molecule has 0 radical (unpaired) electrons. The Bertz CT molecular complexity index is 1170. The van der Waals surface area contributed by atoms with Crippen LogP contribution in [0, 0.1) is 0 Å². The number of fused-ring (bicyclic) bond motifs is 1. The minimum Gasteiger partial charge on any atom is -0.304 e. The fourth-order valence-corrected chi connectivity index (χ4v) is 5.70. The highest BCUT2D eigenvalue weighted by molar-refractivity contribution is 7.89. The molecule has 1 saturated heterocycles. The van der Waals surface area contributed by atoms with Crippen molar-refractivity contribution >= 4 is 54.2 Å². The van der Waals surface area contributed by atoms with E-state index in [9.17, 15) is 13.2 Å². The van der Waals surface area contributed by atoms with E-state index in [4.69, 9.17) is 11.6 Å². The number of nitrogens with zero attached hydrogens (tertiary/aromatic N) is 3. The maximum absolute atomic E-state index is 12.9. The zero-order valence-electron chi connectivity index (χ0n) is 15.6. The van der Waals surface area contributed by atoms with Crippen LogP contribution in [0.4, 0.5) is 5.13 Å². The van der Waals surface area contributed by atoms with Crippen molar-refractivity contribution in [1.29, 1.82) is 0 Å². The van der Waals surface area contributed by atoms with Crippen molar-refractivity contribution in [3.05, 3.63) is 53.1 Å². The summed E-state index contributed by atoms with van der Waals surface area (Å²) in [6.45, 7) is 2.23. The van der Waals surface area contributed by atoms with E-state index in [1.165, 1.54) is 27.8 Å². The Balaban J connectivity index is 1.55. The first-order valence-corrected chi connectivity index (χ1v) is 11.6. The van der Waals surface area contributed by atoms with E-state index < -0.39 is 15.9 Å². The number of nitrogens with one attached hydrogen (secondary N) is 1. The van der Waals surface area contributed by atoms with Gasteiger partial charge in [0.15, 0.2) is 5.13 Å². The molecule has 2 aromatic carbocycles. The normalized spacial score (nSPS) is 16.2. The first kappa shape index (κ1) is 20.2. The van der Waals surface area contributed by atoms with E-state index in [0.717, 1.165) is 10.2 Å². The van der Waals surface area contributed by atoms with E-state index in [1.807, 2.05) is 7.05 Å². The van der Waals surface area contributed by atoms with Gasteiger partial charge in [-0.3, -0.25) is 10.1 Å². The molecule has 0 spiro atoms. The molecule has 1 aromatic heterocycles. The van der Waals surface area contributed by atoms with Crippen LogP contribution < -0.4 is 5.32 Å². The van der Waals surface area contributed by atoms with Crippen LogP contribution in [0.3, 0.4) is 0 Å². The predicted octanol–water partition coefficient (Wildman–Crippen LogP) is 3.14. The van der Waals surface area contributed by atoms with E-state index >= 15 is 0 Å². The molecule has 0 aliphatic carbocycles. The number of hydrogen-bond acceptors (Lipinski definition) is 6. The summed E-state index contributed by atoms with van der Waals surface area (Å²) in [4.78, 5) is 19.2. The Kier molecular flexibility index (Phi) is 5.58. The van der Waals surface area contributed by atoms with Crippen molar-refractivity contribution in [2.75, 3.05) is 38.5 Å². The van der Waals surface area contributed by atoms with Gasteiger partial charge in [0, 0.05) is 36.8 Å². The molecule has 0 unspecified atom stereocenters. The number of amides is 1. The maximum atomic E-state index is 12.9. The summed E-state index contributed by atoms with van der Waals surface area (Å²) in [7, 11) is -1.68. The van der Waals surface area contributed by atoms with Crippen LogP contribution in [0.1, 0.15) is 10.4 Å². The van der Waals surface area contributed by atoms with E-state index in [2.05, 4.69) is 15.2 Å². The Hall–Kier alpha value is -2.04. The number of carbonyl (C=O) groups excluding carboxylic acids is 1. The maximum Gasteiger partial charge on any atom is 0.257 e. The number of benzene rings is 2. The summed E-state index contributed by atoms with van der Waals surface area (Å²) in [6.07, 6.45) is 0. The third-order valence-corrected chi connectivity index (χ3v) is 7.83. The fraction of sp³-hybridized carbons (Fsp3) is 0.263. The number of anilines is 1. The van der Waals surface area contributed by atoms with Crippen LogP contribution in [0.5, 0.6) is 0 Å². The SMILES string of the molecule is CN1CCN(S(=O)(=O)c2cccc(C(=O)Nc3nc4ccc(Cl)cc4s3)c2)CC1. The molecule has 1 fully saturated rings. The molecule has 2 heterocycles. The second-order valence-corrected chi connectivity index (χ2v) is 10.2. The highest BCUT2D eigenvalue weighted by Gasteiger charge is 2.28. The molecule has 0 atom stereocenters. The van der Waals surface area contributed by atoms with Gasteiger partial charge in [0.2, 0.25) is 10.0 Å². The number of aromatic nitrogens is 1. The first-order chi connectivity index (χ1) is 13.8. The van der Waals surface area contributed by atoms with Crippen LogP contribution in [0.2, 0.25) is 5.02 Å². The van der Waals surface area contributed by atoms with Crippen LogP contribution in [0.15, 0.2) is 47.4 Å². The van der Waals surface area contributed by atoms with Crippen LogP contribution in [-0.2, 0) is 10.0 Å². The largest absolute Gasteiger partial charge is 0.304 e. The van der Waals surface area contributed by atoms with Crippen LogP contribution in [0.25, 0.3) is 10.2 Å². The number of halogens is 1. The Morgan fingerprint density at radius 1 is 1.14 bits per heavy atom. The molecule has 1 amide bonds. The molecular formula is C19H19ClN4O3S2. The van der Waals surface area contributed by atoms with E-state index in [-0.39, 0.29) is 10.5 Å². The van der Waals surface area contributed by atoms with Crippen LogP contribution in [-0.4, -0.2) is 61.7 Å². The lowest BCUT2D eigenvalue weighted by Gasteiger charge is -2.31. The monoisotopic (exact) mass is 450 g/mol. The molecule has 29 heavy (non-hydrogen) atoms. The molecule has 0 bridgehead atoms. The Labute approximate surface area is 178 Å². The quantitative estimate of drug-likeness (QED) is 0.660. The number of piperazine rings is 1. The summed E-state index contributed by atoms with van der Waals surface area (Å²) in [5, 5.41) is 3.77. The molecular weight excluding hydrogens is 432 g/mol. The highest BCUT2D eigenvalue weighted by Crippen LogP contribution is 2.28. The van der Waals surface area contributed by atoms with Gasteiger partial charge in [0.05, 0.1) is 15.1 Å². The highest BCUT2D eigenvalue weighted by atomic mass is 35.5. The molecule has 1 aliphatic rings. The summed E-state index contributed by atoms with van der Waals surface area (Å²) >= 11 is 7.30. The number of thiazole rings is 1. The lowest BCUT2D eigenvalue weighted by molar-refractivity contribution is 0.102. The molecule has 7 nitrogen and oxygen atoms in total. The van der Waals surface area contributed by atoms with Gasteiger partial charge in [-0.1, -0.05) is 29.0 Å². The van der Waals surface area contributed by atoms with Gasteiger partial charge in [0.1, 0.15) is 0 Å². The summed E-state index contributed by atoms with van der Waals surface area (Å²) in [5.74, 6) is -0.411. The van der Waals surface area contributed by atoms with Gasteiger partial charge in [-0.15, -0.1) is 0 Å². The van der Waals surface area contributed by atoms with Crippen LogP contribution >= 0.6 is 22.9 Å². The van der Waals surface area contributed by atoms with Crippen molar-refractivity contribution in [3.8, 4) is 0 Å². The van der Waals surface area contributed by atoms with Gasteiger partial charge >= 0.3 is 0 Å². The zero-order valence-corrected chi connectivity index (χ0v) is 18.0.